The van der Waals surface area contributed by atoms with Crippen LogP contribution in [-0.4, -0.2) is 56.4 Å². The van der Waals surface area contributed by atoms with Gasteiger partial charge >= 0.3 is 12.0 Å². The van der Waals surface area contributed by atoms with E-state index >= 15 is 0 Å². The van der Waals surface area contributed by atoms with Crippen LogP contribution in [0, 0.1) is 5.92 Å². The first-order chi connectivity index (χ1) is 9.51. The molecule has 0 aliphatic rings. The molecule has 8 heteroatoms. The van der Waals surface area contributed by atoms with Gasteiger partial charge < -0.3 is 25.8 Å². The molecule has 0 fully saturated rings. The summed E-state index contributed by atoms with van der Waals surface area (Å²) < 4.78 is 4.78. The molecule has 0 rings (SSSR count). The molecule has 0 aliphatic heterocycles. The Labute approximate surface area is 118 Å². The smallest absolute Gasteiger partial charge is 0.314 e. The van der Waals surface area contributed by atoms with E-state index < -0.39 is 17.9 Å². The van der Waals surface area contributed by atoms with Gasteiger partial charge in [0.05, 0.1) is 12.5 Å². The van der Waals surface area contributed by atoms with Crippen molar-refractivity contribution < 1.29 is 24.2 Å². The molecule has 0 bridgehead atoms. The molecule has 0 spiro atoms. The van der Waals surface area contributed by atoms with Crippen LogP contribution in [0.25, 0.3) is 0 Å². The predicted molar refractivity (Wildman–Crippen MR) is 72.3 cm³/mol. The van der Waals surface area contributed by atoms with Crippen LogP contribution in [0.5, 0.6) is 0 Å². The second kappa shape index (κ2) is 11.0. The third-order valence-corrected chi connectivity index (χ3v) is 2.62. The van der Waals surface area contributed by atoms with E-state index in [2.05, 4.69) is 16.0 Å². The zero-order valence-corrected chi connectivity index (χ0v) is 11.9. The first kappa shape index (κ1) is 18.2. The van der Waals surface area contributed by atoms with E-state index in [1.165, 1.54) is 0 Å². The van der Waals surface area contributed by atoms with Gasteiger partial charge in [-0.2, -0.15) is 0 Å². The topological polar surface area (TPSA) is 117 Å². The molecule has 20 heavy (non-hydrogen) atoms. The molecule has 0 aliphatic carbocycles. The molecule has 4 N–H and O–H groups in total. The zero-order valence-electron chi connectivity index (χ0n) is 11.9. The van der Waals surface area contributed by atoms with Gasteiger partial charge in [-0.05, 0) is 6.42 Å². The van der Waals surface area contributed by atoms with Gasteiger partial charge in [-0.15, -0.1) is 0 Å². The van der Waals surface area contributed by atoms with Crippen molar-refractivity contribution >= 4 is 17.9 Å². The summed E-state index contributed by atoms with van der Waals surface area (Å²) in [5, 5.41) is 16.4. The predicted octanol–water partition coefficient (Wildman–Crippen LogP) is -0.451. The monoisotopic (exact) mass is 289 g/mol. The average Bonchev–Trinajstić information content (AvgIpc) is 2.39. The van der Waals surface area contributed by atoms with Gasteiger partial charge in [0.25, 0.3) is 0 Å². The number of aliphatic carboxylic acids is 1. The van der Waals surface area contributed by atoms with E-state index in [4.69, 9.17) is 9.84 Å². The highest BCUT2D eigenvalue weighted by molar-refractivity contribution is 5.78. The van der Waals surface area contributed by atoms with Crippen LogP contribution in [0.4, 0.5) is 4.79 Å². The lowest BCUT2D eigenvalue weighted by molar-refractivity contribution is -0.141. The summed E-state index contributed by atoms with van der Waals surface area (Å²) in [5.74, 6) is -1.72. The standard InChI is InChI=1S/C12H23N3O5/c1-3-9(11(17)18)8-15-12(19)14-5-4-10(16)13-6-7-20-2/h9H,3-8H2,1-2H3,(H,13,16)(H,17,18)(H2,14,15,19). The molecule has 3 amide bonds. The summed E-state index contributed by atoms with van der Waals surface area (Å²) in [7, 11) is 1.54. The van der Waals surface area contributed by atoms with Crippen molar-refractivity contribution in [1.29, 1.82) is 0 Å². The van der Waals surface area contributed by atoms with Gasteiger partial charge in [-0.1, -0.05) is 6.92 Å². The fourth-order valence-corrected chi connectivity index (χ4v) is 1.36. The molecular weight excluding hydrogens is 266 g/mol. The number of carboxylic acids is 1. The number of carbonyl (C=O) groups excluding carboxylic acids is 2. The largest absolute Gasteiger partial charge is 0.481 e. The van der Waals surface area contributed by atoms with Crippen LogP contribution in [0.2, 0.25) is 0 Å². The van der Waals surface area contributed by atoms with Crippen molar-refractivity contribution in [2.24, 2.45) is 5.92 Å². The number of ether oxygens (including phenoxy) is 1. The molecular formula is C12H23N3O5. The van der Waals surface area contributed by atoms with E-state index in [0.717, 1.165) is 0 Å². The third kappa shape index (κ3) is 9.15. The van der Waals surface area contributed by atoms with Crippen LogP contribution >= 0.6 is 0 Å². The first-order valence-corrected chi connectivity index (χ1v) is 6.51. The van der Waals surface area contributed by atoms with Crippen molar-refractivity contribution in [1.82, 2.24) is 16.0 Å². The third-order valence-electron chi connectivity index (χ3n) is 2.62. The summed E-state index contributed by atoms with van der Waals surface area (Å²) in [5.41, 5.74) is 0. The van der Waals surface area contributed by atoms with Gasteiger partial charge in [-0.3, -0.25) is 9.59 Å². The summed E-state index contributed by atoms with van der Waals surface area (Å²) in [4.78, 5) is 33.4. The van der Waals surface area contributed by atoms with Crippen molar-refractivity contribution in [3.05, 3.63) is 0 Å². The van der Waals surface area contributed by atoms with Crippen molar-refractivity contribution in [2.75, 3.05) is 33.4 Å². The number of hydrogen-bond donors (Lipinski definition) is 4. The molecule has 8 nitrogen and oxygen atoms in total. The van der Waals surface area contributed by atoms with Gasteiger partial charge in [-0.25, -0.2) is 4.79 Å². The Balaban J connectivity index is 3.67. The van der Waals surface area contributed by atoms with Crippen LogP contribution in [-0.2, 0) is 14.3 Å². The van der Waals surface area contributed by atoms with E-state index in [1.807, 2.05) is 0 Å². The number of nitrogens with one attached hydrogen (secondary N) is 3. The van der Waals surface area contributed by atoms with E-state index in [-0.39, 0.29) is 25.4 Å². The highest BCUT2D eigenvalue weighted by Gasteiger charge is 2.15. The second-order valence-electron chi connectivity index (χ2n) is 4.17. The molecule has 1 atom stereocenters. The Bertz CT molecular complexity index is 322. The number of carboxylic acid groups (broad SMARTS) is 1. The molecule has 0 aromatic rings. The van der Waals surface area contributed by atoms with E-state index in [1.54, 1.807) is 14.0 Å². The van der Waals surface area contributed by atoms with Gasteiger partial charge in [0.15, 0.2) is 0 Å². The quantitative estimate of drug-likeness (QED) is 0.406. The lowest BCUT2D eigenvalue weighted by atomic mass is 10.1. The minimum absolute atomic E-state index is 0.0672. The van der Waals surface area contributed by atoms with Gasteiger partial charge in [0.1, 0.15) is 0 Å². The van der Waals surface area contributed by atoms with Crippen LogP contribution in [0.15, 0.2) is 0 Å². The fraction of sp³-hybridized carbons (Fsp3) is 0.750. The van der Waals surface area contributed by atoms with Crippen molar-refractivity contribution in [3.63, 3.8) is 0 Å². The minimum atomic E-state index is -0.940. The van der Waals surface area contributed by atoms with E-state index in [9.17, 15) is 14.4 Å². The highest BCUT2D eigenvalue weighted by atomic mass is 16.5. The van der Waals surface area contributed by atoms with Gasteiger partial charge in [0.2, 0.25) is 5.91 Å². The fourth-order valence-electron chi connectivity index (χ4n) is 1.36. The Hall–Kier alpha value is -1.83. The zero-order chi connectivity index (χ0) is 15.4. The Kier molecular flexibility index (Phi) is 10.0. The number of carbonyl (C=O) groups is 3. The van der Waals surface area contributed by atoms with E-state index in [0.29, 0.717) is 19.6 Å². The van der Waals surface area contributed by atoms with Crippen molar-refractivity contribution in [3.8, 4) is 0 Å². The lowest BCUT2D eigenvalue weighted by Crippen LogP contribution is -2.41. The Morgan fingerprint density at radius 1 is 1.15 bits per heavy atom. The second-order valence-corrected chi connectivity index (χ2v) is 4.17. The molecule has 0 aromatic heterocycles. The number of methoxy groups -OCH3 is 1. The molecule has 0 heterocycles. The SMILES string of the molecule is CCC(CNC(=O)NCCC(=O)NCCOC)C(=O)O. The first-order valence-electron chi connectivity index (χ1n) is 6.51. The normalized spacial score (nSPS) is 11.5. The maximum Gasteiger partial charge on any atom is 0.314 e. The lowest BCUT2D eigenvalue weighted by Gasteiger charge is -2.12. The Morgan fingerprint density at radius 2 is 1.85 bits per heavy atom. The average molecular weight is 289 g/mol. The minimum Gasteiger partial charge on any atom is -0.481 e. The highest BCUT2D eigenvalue weighted by Crippen LogP contribution is 1.99. The molecule has 0 saturated carbocycles. The number of hydrogen-bond acceptors (Lipinski definition) is 4. The molecule has 0 saturated heterocycles. The molecule has 0 radical (unpaired) electrons. The number of rotatable bonds is 10. The maximum atomic E-state index is 11.4. The van der Waals surface area contributed by atoms with Crippen LogP contribution in [0.1, 0.15) is 19.8 Å². The number of amides is 3. The summed E-state index contributed by atoms with van der Waals surface area (Å²) in [6, 6.07) is -0.477. The van der Waals surface area contributed by atoms with Crippen molar-refractivity contribution in [2.45, 2.75) is 19.8 Å². The Morgan fingerprint density at radius 3 is 2.40 bits per heavy atom. The summed E-state index contributed by atoms with van der Waals surface area (Å²) in [6.45, 7) is 2.86. The number of urea groups is 1. The maximum absolute atomic E-state index is 11.4. The summed E-state index contributed by atoms with van der Waals surface area (Å²) in [6.07, 6.45) is 0.602. The molecule has 0 aromatic carbocycles. The summed E-state index contributed by atoms with van der Waals surface area (Å²) >= 11 is 0. The van der Waals surface area contributed by atoms with Crippen LogP contribution < -0.4 is 16.0 Å². The molecule has 116 valence electrons. The molecule has 1 unspecified atom stereocenters. The van der Waals surface area contributed by atoms with Crippen LogP contribution in [0.3, 0.4) is 0 Å². The van der Waals surface area contributed by atoms with Gasteiger partial charge in [0, 0.05) is 33.2 Å².